The van der Waals surface area contributed by atoms with Gasteiger partial charge in [0.05, 0.1) is 13.7 Å². The van der Waals surface area contributed by atoms with Gasteiger partial charge in [0.25, 0.3) is 0 Å². The van der Waals surface area contributed by atoms with Crippen molar-refractivity contribution in [3.05, 3.63) is 35.9 Å². The standard InChI is InChI=1S/C14H20N2O3/c1-18-14(17)13-8-7-12(9-15-13)16-19-10-11-5-3-2-4-6-11/h2-6,12-13,15-16H,7-10H2,1H3/t12-,13-/m0/s1. The summed E-state index contributed by atoms with van der Waals surface area (Å²) in [6.07, 6.45) is 1.65. The lowest BCUT2D eigenvalue weighted by molar-refractivity contribution is -0.144. The summed E-state index contributed by atoms with van der Waals surface area (Å²) in [4.78, 5) is 16.8. The fourth-order valence-electron chi connectivity index (χ4n) is 2.12. The topological polar surface area (TPSA) is 59.6 Å². The van der Waals surface area contributed by atoms with Gasteiger partial charge in [-0.1, -0.05) is 30.3 Å². The van der Waals surface area contributed by atoms with Gasteiger partial charge in [-0.25, -0.2) is 0 Å². The van der Waals surface area contributed by atoms with Crippen LogP contribution in [0.1, 0.15) is 18.4 Å². The van der Waals surface area contributed by atoms with Crippen LogP contribution in [-0.4, -0.2) is 31.7 Å². The van der Waals surface area contributed by atoms with Crippen LogP contribution in [0.2, 0.25) is 0 Å². The van der Waals surface area contributed by atoms with Gasteiger partial charge in [0.1, 0.15) is 6.04 Å². The molecule has 0 spiro atoms. The Morgan fingerprint density at radius 2 is 2.16 bits per heavy atom. The molecule has 1 aliphatic rings. The van der Waals surface area contributed by atoms with Crippen molar-refractivity contribution in [1.82, 2.24) is 10.8 Å². The molecule has 1 saturated heterocycles. The number of ether oxygens (including phenoxy) is 1. The van der Waals surface area contributed by atoms with Crippen LogP contribution in [0.15, 0.2) is 30.3 Å². The highest BCUT2D eigenvalue weighted by Crippen LogP contribution is 2.10. The van der Waals surface area contributed by atoms with Crippen LogP contribution < -0.4 is 10.8 Å². The van der Waals surface area contributed by atoms with E-state index < -0.39 is 0 Å². The number of hydrogen-bond acceptors (Lipinski definition) is 5. The smallest absolute Gasteiger partial charge is 0.322 e. The molecule has 19 heavy (non-hydrogen) atoms. The lowest BCUT2D eigenvalue weighted by Crippen LogP contribution is -2.50. The number of nitrogens with one attached hydrogen (secondary N) is 2. The summed E-state index contributed by atoms with van der Waals surface area (Å²) in [5.74, 6) is -0.191. The molecule has 104 valence electrons. The third kappa shape index (κ3) is 4.31. The summed E-state index contributed by atoms with van der Waals surface area (Å²) in [6, 6.07) is 10.0. The van der Waals surface area contributed by atoms with E-state index in [1.165, 1.54) is 7.11 Å². The van der Waals surface area contributed by atoms with Gasteiger partial charge >= 0.3 is 5.97 Å². The van der Waals surface area contributed by atoms with Gasteiger partial charge in [0, 0.05) is 12.6 Å². The Kier molecular flexibility index (Phi) is 5.32. The molecule has 0 saturated carbocycles. The second-order valence-electron chi connectivity index (χ2n) is 4.65. The predicted molar refractivity (Wildman–Crippen MR) is 71.2 cm³/mol. The van der Waals surface area contributed by atoms with E-state index in [-0.39, 0.29) is 18.1 Å². The van der Waals surface area contributed by atoms with Gasteiger partial charge < -0.3 is 10.1 Å². The van der Waals surface area contributed by atoms with Gasteiger partial charge in [-0.2, -0.15) is 5.48 Å². The summed E-state index contributed by atoms with van der Waals surface area (Å²) >= 11 is 0. The van der Waals surface area contributed by atoms with Gasteiger partial charge in [-0.05, 0) is 18.4 Å². The number of benzene rings is 1. The first-order valence-electron chi connectivity index (χ1n) is 6.52. The maximum Gasteiger partial charge on any atom is 0.322 e. The molecular formula is C14H20N2O3. The second-order valence-corrected chi connectivity index (χ2v) is 4.65. The molecule has 1 aromatic rings. The summed E-state index contributed by atoms with van der Waals surface area (Å²) in [7, 11) is 1.41. The molecule has 0 aromatic heterocycles. The Hall–Kier alpha value is -1.43. The first-order valence-corrected chi connectivity index (χ1v) is 6.52. The lowest BCUT2D eigenvalue weighted by atomic mass is 10.0. The van der Waals surface area contributed by atoms with Crippen LogP contribution in [-0.2, 0) is 21.0 Å². The molecule has 5 heteroatoms. The fraction of sp³-hybridized carbons (Fsp3) is 0.500. The van der Waals surface area contributed by atoms with Crippen molar-refractivity contribution >= 4 is 5.97 Å². The van der Waals surface area contributed by atoms with E-state index >= 15 is 0 Å². The molecule has 2 rings (SSSR count). The maximum absolute atomic E-state index is 11.3. The monoisotopic (exact) mass is 264 g/mol. The van der Waals surface area contributed by atoms with Crippen molar-refractivity contribution in [1.29, 1.82) is 0 Å². The summed E-state index contributed by atoms with van der Waals surface area (Å²) in [5, 5.41) is 3.15. The van der Waals surface area contributed by atoms with Crippen molar-refractivity contribution in [3.8, 4) is 0 Å². The van der Waals surface area contributed by atoms with Crippen LogP contribution in [0.3, 0.4) is 0 Å². The fourth-order valence-corrected chi connectivity index (χ4v) is 2.12. The zero-order valence-corrected chi connectivity index (χ0v) is 11.1. The minimum Gasteiger partial charge on any atom is -0.468 e. The lowest BCUT2D eigenvalue weighted by Gasteiger charge is -2.28. The second kappa shape index (κ2) is 7.23. The highest BCUT2D eigenvalue weighted by Gasteiger charge is 2.26. The van der Waals surface area contributed by atoms with Crippen LogP contribution in [0.25, 0.3) is 0 Å². The van der Waals surface area contributed by atoms with Crippen LogP contribution in [0.5, 0.6) is 0 Å². The third-order valence-electron chi connectivity index (χ3n) is 3.23. The molecule has 0 radical (unpaired) electrons. The number of hydrogen-bond donors (Lipinski definition) is 2. The van der Waals surface area contributed by atoms with E-state index in [1.807, 2.05) is 30.3 Å². The number of hydroxylamine groups is 1. The summed E-state index contributed by atoms with van der Waals surface area (Å²) in [5.41, 5.74) is 4.16. The molecule has 1 aliphatic heterocycles. The number of methoxy groups -OCH3 is 1. The zero-order valence-electron chi connectivity index (χ0n) is 11.1. The molecular weight excluding hydrogens is 244 g/mol. The van der Waals surface area contributed by atoms with Crippen molar-refractivity contribution < 1.29 is 14.4 Å². The van der Waals surface area contributed by atoms with Crippen LogP contribution >= 0.6 is 0 Å². The number of carbonyl (C=O) groups is 1. The Labute approximate surface area is 113 Å². The summed E-state index contributed by atoms with van der Waals surface area (Å²) < 4.78 is 4.71. The highest BCUT2D eigenvalue weighted by atomic mass is 16.6. The number of piperidine rings is 1. The van der Waals surface area contributed by atoms with Crippen molar-refractivity contribution in [2.75, 3.05) is 13.7 Å². The minimum absolute atomic E-state index is 0.183. The van der Waals surface area contributed by atoms with E-state index in [0.29, 0.717) is 13.2 Å². The Bertz CT molecular complexity index is 389. The van der Waals surface area contributed by atoms with Crippen LogP contribution in [0, 0.1) is 0 Å². The molecule has 5 nitrogen and oxygen atoms in total. The van der Waals surface area contributed by atoms with E-state index in [1.54, 1.807) is 0 Å². The molecule has 0 amide bonds. The zero-order chi connectivity index (χ0) is 13.5. The Morgan fingerprint density at radius 1 is 1.37 bits per heavy atom. The normalized spacial score (nSPS) is 23.0. The highest BCUT2D eigenvalue weighted by molar-refractivity contribution is 5.75. The minimum atomic E-state index is -0.191. The number of rotatable bonds is 5. The van der Waals surface area contributed by atoms with Gasteiger partial charge in [-0.3, -0.25) is 9.63 Å². The molecule has 1 heterocycles. The van der Waals surface area contributed by atoms with Crippen molar-refractivity contribution in [2.24, 2.45) is 0 Å². The molecule has 1 aromatic carbocycles. The molecule has 1 fully saturated rings. The molecule has 0 bridgehead atoms. The number of carbonyl (C=O) groups excluding carboxylic acids is 1. The van der Waals surface area contributed by atoms with E-state index in [9.17, 15) is 4.79 Å². The SMILES string of the molecule is COC(=O)[C@@H]1CC[C@H](NOCc2ccccc2)CN1. The van der Waals surface area contributed by atoms with Crippen molar-refractivity contribution in [2.45, 2.75) is 31.5 Å². The first-order chi connectivity index (χ1) is 9.29. The third-order valence-corrected chi connectivity index (χ3v) is 3.23. The van der Waals surface area contributed by atoms with Gasteiger partial charge in [-0.15, -0.1) is 0 Å². The maximum atomic E-state index is 11.3. The van der Waals surface area contributed by atoms with Gasteiger partial charge in [0.2, 0.25) is 0 Å². The average Bonchev–Trinajstić information content (AvgIpc) is 2.48. The quantitative estimate of drug-likeness (QED) is 0.614. The predicted octanol–water partition coefficient (Wildman–Crippen LogP) is 1.00. The average molecular weight is 264 g/mol. The number of esters is 1. The molecule has 0 unspecified atom stereocenters. The Morgan fingerprint density at radius 3 is 2.79 bits per heavy atom. The van der Waals surface area contributed by atoms with Crippen LogP contribution in [0.4, 0.5) is 0 Å². The van der Waals surface area contributed by atoms with E-state index in [2.05, 4.69) is 10.8 Å². The molecule has 2 N–H and O–H groups in total. The van der Waals surface area contributed by atoms with Crippen molar-refractivity contribution in [3.63, 3.8) is 0 Å². The van der Waals surface area contributed by atoms with E-state index in [0.717, 1.165) is 18.4 Å². The van der Waals surface area contributed by atoms with E-state index in [4.69, 9.17) is 9.57 Å². The molecule has 0 aliphatic carbocycles. The molecule has 2 atom stereocenters. The largest absolute Gasteiger partial charge is 0.468 e. The first kappa shape index (κ1) is 14.0. The summed E-state index contributed by atoms with van der Waals surface area (Å²) in [6.45, 7) is 1.24. The van der Waals surface area contributed by atoms with Gasteiger partial charge in [0.15, 0.2) is 0 Å². The Balaban J connectivity index is 1.65.